The highest BCUT2D eigenvalue weighted by atomic mass is 32.1. The Labute approximate surface area is 254 Å². The van der Waals surface area contributed by atoms with Crippen LogP contribution in [-0.4, -0.2) is 78.1 Å². The maximum absolute atomic E-state index is 12.5. The van der Waals surface area contributed by atoms with E-state index in [2.05, 4.69) is 26.3 Å². The minimum atomic E-state index is -0.123. The van der Waals surface area contributed by atoms with Gasteiger partial charge < -0.3 is 35.8 Å². The van der Waals surface area contributed by atoms with Gasteiger partial charge in [-0.25, -0.2) is 15.0 Å². The van der Waals surface area contributed by atoms with Gasteiger partial charge in [0.2, 0.25) is 5.91 Å². The first-order valence-corrected chi connectivity index (χ1v) is 15.4. The van der Waals surface area contributed by atoms with E-state index in [9.17, 15) is 4.79 Å². The lowest BCUT2D eigenvalue weighted by atomic mass is 9.82. The van der Waals surface area contributed by atoms with E-state index in [-0.39, 0.29) is 11.3 Å². The van der Waals surface area contributed by atoms with E-state index in [1.165, 1.54) is 17.2 Å². The molecule has 4 aromatic rings. The summed E-state index contributed by atoms with van der Waals surface area (Å²) in [5.41, 5.74) is 9.71. The van der Waals surface area contributed by atoms with Crippen LogP contribution in [0.25, 0.3) is 27.7 Å². The number of anilines is 2. The Morgan fingerprint density at radius 3 is 2.88 bits per heavy atom. The van der Waals surface area contributed by atoms with Gasteiger partial charge in [-0.2, -0.15) is 0 Å². The Morgan fingerprint density at radius 2 is 2.12 bits per heavy atom. The predicted molar refractivity (Wildman–Crippen MR) is 170 cm³/mol. The Hall–Kier alpha value is -4.13. The number of benzene rings is 1. The summed E-state index contributed by atoms with van der Waals surface area (Å²) in [7, 11) is 0. The number of morpholine rings is 1. The summed E-state index contributed by atoms with van der Waals surface area (Å²) < 4.78 is 12.5. The minimum absolute atomic E-state index is 0.0729. The fraction of sp³-hybridized carbons (Fsp3) is 0.387. The van der Waals surface area contributed by atoms with E-state index >= 15 is 0 Å². The number of aromatic nitrogens is 4. The van der Waals surface area contributed by atoms with E-state index in [1.54, 1.807) is 36.0 Å². The van der Waals surface area contributed by atoms with Crippen molar-refractivity contribution in [1.29, 1.82) is 5.41 Å². The average Bonchev–Trinajstić information content (AvgIpc) is 3.81. The number of H-pyrrole nitrogens is 1. The van der Waals surface area contributed by atoms with Gasteiger partial charge in [-0.05, 0) is 43.9 Å². The van der Waals surface area contributed by atoms with Crippen molar-refractivity contribution in [3.8, 4) is 11.4 Å². The van der Waals surface area contributed by atoms with E-state index in [1.807, 2.05) is 12.1 Å². The summed E-state index contributed by atoms with van der Waals surface area (Å²) in [5.74, 6) is 1.36. The van der Waals surface area contributed by atoms with Gasteiger partial charge in [-0.3, -0.25) is 4.79 Å². The van der Waals surface area contributed by atoms with Crippen molar-refractivity contribution in [2.75, 3.05) is 56.7 Å². The molecule has 1 amide bonds. The monoisotopic (exact) mass is 600 g/mol. The molecule has 0 bridgehead atoms. The number of nitrogens with zero attached hydrogens (tertiary/aromatic N) is 4. The Balaban J connectivity index is 1.19. The quantitative estimate of drug-likeness (QED) is 0.114. The van der Waals surface area contributed by atoms with Crippen LogP contribution in [0.15, 0.2) is 42.9 Å². The van der Waals surface area contributed by atoms with Crippen molar-refractivity contribution < 1.29 is 14.3 Å². The molecule has 11 nitrogen and oxygen atoms in total. The fourth-order valence-electron chi connectivity index (χ4n) is 5.71. The average molecular weight is 601 g/mol. The maximum Gasteiger partial charge on any atom is 0.244 e. The van der Waals surface area contributed by atoms with Crippen LogP contribution in [0.2, 0.25) is 0 Å². The molecule has 224 valence electrons. The highest BCUT2D eigenvalue weighted by molar-refractivity contribution is 7.19. The number of hydrogen-bond acceptors (Lipinski definition) is 10. The Kier molecular flexibility index (Phi) is 8.77. The van der Waals surface area contributed by atoms with Crippen molar-refractivity contribution in [2.24, 2.45) is 5.41 Å². The Bertz CT molecular complexity index is 1600. The predicted octanol–water partition coefficient (Wildman–Crippen LogP) is 4.06. The zero-order valence-corrected chi connectivity index (χ0v) is 24.8. The van der Waals surface area contributed by atoms with E-state index < -0.39 is 0 Å². The third-order valence-corrected chi connectivity index (χ3v) is 9.31. The van der Waals surface area contributed by atoms with Crippen LogP contribution < -0.4 is 16.0 Å². The lowest BCUT2D eigenvalue weighted by Gasteiger charge is -2.28. The van der Waals surface area contributed by atoms with Crippen molar-refractivity contribution in [2.45, 2.75) is 25.7 Å². The van der Waals surface area contributed by atoms with Crippen molar-refractivity contribution in [1.82, 2.24) is 25.3 Å². The summed E-state index contributed by atoms with van der Waals surface area (Å²) in [6.45, 7) is 4.78. The molecule has 2 aliphatic rings. The zero-order chi connectivity index (χ0) is 29.6. The number of aromatic amines is 1. The van der Waals surface area contributed by atoms with Gasteiger partial charge in [0.25, 0.3) is 0 Å². The Morgan fingerprint density at radius 1 is 1.23 bits per heavy atom. The molecule has 12 heteroatoms. The number of amides is 1. The third kappa shape index (κ3) is 6.61. The number of ether oxygens (including phenoxy) is 2. The number of rotatable bonds is 11. The first-order valence-electron chi connectivity index (χ1n) is 14.6. The fourth-order valence-corrected chi connectivity index (χ4v) is 6.86. The summed E-state index contributed by atoms with van der Waals surface area (Å²) in [6.07, 6.45) is 11.5. The van der Waals surface area contributed by atoms with Gasteiger partial charge in [0, 0.05) is 65.6 Å². The second kappa shape index (κ2) is 13.0. The molecule has 5 heterocycles. The van der Waals surface area contributed by atoms with E-state index in [4.69, 9.17) is 30.6 Å². The molecular formula is C31H36N8O3S. The zero-order valence-electron chi connectivity index (χ0n) is 24.0. The highest BCUT2D eigenvalue weighted by Crippen LogP contribution is 2.38. The van der Waals surface area contributed by atoms with Gasteiger partial charge in [-0.1, -0.05) is 12.1 Å². The molecule has 3 aromatic heterocycles. The molecule has 2 aliphatic heterocycles. The molecule has 0 spiro atoms. The number of carbonyl (C=O) groups excluding carboxylic acids is 1. The molecule has 1 atom stereocenters. The molecule has 0 saturated carbocycles. The second-order valence-corrected chi connectivity index (χ2v) is 12.2. The van der Waals surface area contributed by atoms with Gasteiger partial charge in [0.1, 0.15) is 0 Å². The van der Waals surface area contributed by atoms with Crippen LogP contribution in [0, 0.1) is 10.8 Å². The van der Waals surface area contributed by atoms with Crippen LogP contribution in [0.3, 0.4) is 0 Å². The molecule has 2 fully saturated rings. The maximum atomic E-state index is 12.5. The molecule has 5 N–H and O–H groups in total. The summed E-state index contributed by atoms with van der Waals surface area (Å²) in [6, 6.07) is 7.76. The summed E-state index contributed by atoms with van der Waals surface area (Å²) in [5, 5.41) is 11.0. The number of carbonyl (C=O) groups is 1. The number of fused-ring (bicyclic) bond motifs is 1. The van der Waals surface area contributed by atoms with Gasteiger partial charge >= 0.3 is 0 Å². The molecule has 1 unspecified atom stereocenters. The van der Waals surface area contributed by atoms with E-state index in [0.29, 0.717) is 50.0 Å². The van der Waals surface area contributed by atoms with Gasteiger partial charge in [0.15, 0.2) is 11.6 Å². The minimum Gasteiger partial charge on any atom is -0.398 e. The number of aryl methyl sites for hydroxylation is 1. The first-order chi connectivity index (χ1) is 21.0. The number of imidazole rings is 1. The van der Waals surface area contributed by atoms with Crippen molar-refractivity contribution >= 4 is 51.3 Å². The first kappa shape index (κ1) is 29.0. The highest BCUT2D eigenvalue weighted by Gasteiger charge is 2.34. The number of nitrogens with one attached hydrogen (secondary N) is 3. The summed E-state index contributed by atoms with van der Waals surface area (Å²) in [4.78, 5) is 32.9. The molecule has 0 aliphatic carbocycles. The van der Waals surface area contributed by atoms with Crippen molar-refractivity contribution in [3.63, 3.8) is 0 Å². The van der Waals surface area contributed by atoms with Gasteiger partial charge in [-0.15, -0.1) is 11.3 Å². The standard InChI is InChI=1S/C31H36N8O3S/c32-16-24-23(4-1-5-25(24)33)29-37-26-15-22(43-28(26)30(38-29)39-10-13-41-14-11-39)3-2-8-31(9-12-42-19-31)18-35-27(40)7-6-21-17-34-20-36-21/h1,4-7,15-17,20,32H,2-3,8-14,18-19,33H2,(H,34,36)(H,35,40)/b7-6+,32-16?. The van der Waals surface area contributed by atoms with Crippen LogP contribution >= 0.6 is 11.3 Å². The van der Waals surface area contributed by atoms with Gasteiger partial charge in [0.05, 0.1) is 48.3 Å². The van der Waals surface area contributed by atoms with Crippen LogP contribution in [0.5, 0.6) is 0 Å². The van der Waals surface area contributed by atoms with Crippen LogP contribution in [0.4, 0.5) is 11.5 Å². The second-order valence-electron chi connectivity index (χ2n) is 11.1. The summed E-state index contributed by atoms with van der Waals surface area (Å²) >= 11 is 1.74. The number of thiophene rings is 1. The number of nitrogens with two attached hydrogens (primary N) is 1. The van der Waals surface area contributed by atoms with Crippen molar-refractivity contribution in [3.05, 3.63) is 59.0 Å². The smallest absolute Gasteiger partial charge is 0.244 e. The molecule has 2 saturated heterocycles. The lowest BCUT2D eigenvalue weighted by molar-refractivity contribution is -0.117. The lowest BCUT2D eigenvalue weighted by Crippen LogP contribution is -2.37. The molecule has 1 aromatic carbocycles. The topological polar surface area (TPSA) is 155 Å². The van der Waals surface area contributed by atoms with Crippen LogP contribution in [0.1, 0.15) is 35.4 Å². The molecule has 0 radical (unpaired) electrons. The third-order valence-electron chi connectivity index (χ3n) is 8.13. The largest absolute Gasteiger partial charge is 0.398 e. The molecular weight excluding hydrogens is 564 g/mol. The molecule has 43 heavy (non-hydrogen) atoms. The SMILES string of the molecule is N=Cc1c(N)cccc1-c1nc(N2CCOCC2)c2sc(CCCC3(CNC(=O)/C=C/c4cnc[nH]4)CCOC3)cc2n1. The number of hydrogen-bond donors (Lipinski definition) is 4. The van der Waals surface area contributed by atoms with E-state index in [0.717, 1.165) is 66.1 Å². The van der Waals surface area contributed by atoms with Crippen LogP contribution in [-0.2, 0) is 20.7 Å². The normalized spacial score (nSPS) is 18.9. The number of nitrogen functional groups attached to an aromatic ring is 1. The molecule has 6 rings (SSSR count).